The summed E-state index contributed by atoms with van der Waals surface area (Å²) in [6.07, 6.45) is 1.38. The molecule has 2 aliphatic heterocycles. The maximum Gasteiger partial charge on any atom is 0.238 e. The number of anilines is 2. The minimum absolute atomic E-state index is 0.0104. The van der Waals surface area contributed by atoms with Gasteiger partial charge >= 0.3 is 0 Å². The third kappa shape index (κ3) is 5.39. The highest BCUT2D eigenvalue weighted by molar-refractivity contribution is 5.92. The first kappa shape index (κ1) is 20.8. The van der Waals surface area contributed by atoms with E-state index in [0.29, 0.717) is 6.54 Å². The Labute approximate surface area is 178 Å². The Morgan fingerprint density at radius 1 is 1.00 bits per heavy atom. The molecule has 30 heavy (non-hydrogen) atoms. The van der Waals surface area contributed by atoms with Gasteiger partial charge in [-0.1, -0.05) is 30.3 Å². The first-order valence-corrected chi connectivity index (χ1v) is 10.9. The van der Waals surface area contributed by atoms with E-state index in [9.17, 15) is 9.90 Å². The van der Waals surface area contributed by atoms with E-state index in [2.05, 4.69) is 27.2 Å². The third-order valence-corrected chi connectivity index (χ3v) is 6.11. The molecule has 2 aliphatic rings. The molecular formula is C24H31N3O3. The van der Waals surface area contributed by atoms with Gasteiger partial charge in [-0.05, 0) is 61.7 Å². The van der Waals surface area contributed by atoms with Crippen LogP contribution in [-0.2, 0) is 9.53 Å². The number of benzene rings is 2. The van der Waals surface area contributed by atoms with Gasteiger partial charge in [0.05, 0.1) is 25.9 Å². The number of aliphatic hydroxyl groups excluding tert-OH is 1. The highest BCUT2D eigenvalue weighted by Gasteiger charge is 2.27. The SMILES string of the molecule is O=C(CN1CCC([C@@H](O)c2ccccc2)CC1)Nc1ccc(N2CCOCC2)cc1. The monoisotopic (exact) mass is 409 g/mol. The summed E-state index contributed by atoms with van der Waals surface area (Å²) in [6, 6.07) is 17.9. The normalized spacial score (nSPS) is 19.4. The topological polar surface area (TPSA) is 65.0 Å². The average molecular weight is 410 g/mol. The van der Waals surface area contributed by atoms with Crippen LogP contribution in [0.25, 0.3) is 0 Å². The molecule has 2 fully saturated rings. The molecule has 2 saturated heterocycles. The Morgan fingerprint density at radius 3 is 2.33 bits per heavy atom. The van der Waals surface area contributed by atoms with E-state index in [4.69, 9.17) is 4.74 Å². The molecule has 0 saturated carbocycles. The minimum atomic E-state index is -0.424. The molecule has 2 aromatic carbocycles. The lowest BCUT2D eigenvalue weighted by atomic mass is 9.87. The van der Waals surface area contributed by atoms with Gasteiger partial charge in [0.15, 0.2) is 0 Å². The first-order valence-electron chi connectivity index (χ1n) is 10.9. The molecule has 0 unspecified atom stereocenters. The molecule has 0 bridgehead atoms. The van der Waals surface area contributed by atoms with E-state index in [1.807, 2.05) is 42.5 Å². The Morgan fingerprint density at radius 2 is 1.67 bits per heavy atom. The fraction of sp³-hybridized carbons (Fsp3) is 0.458. The van der Waals surface area contributed by atoms with Crippen LogP contribution in [0.15, 0.2) is 54.6 Å². The zero-order valence-corrected chi connectivity index (χ0v) is 17.4. The molecular weight excluding hydrogens is 378 g/mol. The van der Waals surface area contributed by atoms with Crippen LogP contribution in [-0.4, -0.2) is 61.9 Å². The van der Waals surface area contributed by atoms with Gasteiger partial charge in [-0.25, -0.2) is 0 Å². The molecule has 6 heteroatoms. The number of piperidine rings is 1. The van der Waals surface area contributed by atoms with Gasteiger partial charge in [0.2, 0.25) is 5.91 Å². The molecule has 2 heterocycles. The molecule has 160 valence electrons. The smallest absolute Gasteiger partial charge is 0.238 e. The van der Waals surface area contributed by atoms with Crippen molar-refractivity contribution >= 4 is 17.3 Å². The van der Waals surface area contributed by atoms with E-state index >= 15 is 0 Å². The zero-order chi connectivity index (χ0) is 20.8. The summed E-state index contributed by atoms with van der Waals surface area (Å²) in [4.78, 5) is 16.9. The largest absolute Gasteiger partial charge is 0.388 e. The number of hydrogen-bond acceptors (Lipinski definition) is 5. The van der Waals surface area contributed by atoms with E-state index in [-0.39, 0.29) is 11.8 Å². The summed E-state index contributed by atoms with van der Waals surface area (Å²) in [5.74, 6) is 0.260. The summed E-state index contributed by atoms with van der Waals surface area (Å²) >= 11 is 0. The van der Waals surface area contributed by atoms with Crippen LogP contribution in [0.1, 0.15) is 24.5 Å². The summed E-state index contributed by atoms with van der Waals surface area (Å²) in [7, 11) is 0. The molecule has 0 aliphatic carbocycles. The van der Waals surface area contributed by atoms with Crippen LogP contribution in [0, 0.1) is 5.92 Å². The highest BCUT2D eigenvalue weighted by Crippen LogP contribution is 2.30. The molecule has 6 nitrogen and oxygen atoms in total. The van der Waals surface area contributed by atoms with Crippen molar-refractivity contribution in [2.45, 2.75) is 18.9 Å². The van der Waals surface area contributed by atoms with Crippen molar-refractivity contribution < 1.29 is 14.6 Å². The second-order valence-electron chi connectivity index (χ2n) is 8.16. The lowest BCUT2D eigenvalue weighted by Crippen LogP contribution is -2.40. The molecule has 0 spiro atoms. The molecule has 2 N–H and O–H groups in total. The molecule has 2 aromatic rings. The first-order chi connectivity index (χ1) is 14.7. The maximum atomic E-state index is 12.5. The summed E-state index contributed by atoms with van der Waals surface area (Å²) in [6.45, 7) is 5.38. The molecule has 0 radical (unpaired) electrons. The second kappa shape index (κ2) is 10.1. The van der Waals surface area contributed by atoms with E-state index in [0.717, 1.165) is 69.2 Å². The fourth-order valence-electron chi connectivity index (χ4n) is 4.33. The van der Waals surface area contributed by atoms with E-state index in [1.165, 1.54) is 0 Å². The number of nitrogens with one attached hydrogen (secondary N) is 1. The number of rotatable bonds is 6. The molecule has 4 rings (SSSR count). The van der Waals surface area contributed by atoms with Crippen molar-refractivity contribution in [1.29, 1.82) is 0 Å². The lowest BCUT2D eigenvalue weighted by molar-refractivity contribution is -0.117. The Hall–Kier alpha value is -2.41. The number of aliphatic hydroxyl groups is 1. The quantitative estimate of drug-likeness (QED) is 0.768. The Bertz CT molecular complexity index is 798. The third-order valence-electron chi connectivity index (χ3n) is 6.11. The van der Waals surface area contributed by atoms with Gasteiger partial charge in [0, 0.05) is 24.5 Å². The summed E-state index contributed by atoms with van der Waals surface area (Å²) in [5, 5.41) is 13.6. The van der Waals surface area contributed by atoms with Crippen molar-refractivity contribution in [2.24, 2.45) is 5.92 Å². The van der Waals surface area contributed by atoms with Crippen molar-refractivity contribution in [2.75, 3.05) is 56.2 Å². The van der Waals surface area contributed by atoms with Gasteiger partial charge in [-0.3, -0.25) is 9.69 Å². The summed E-state index contributed by atoms with van der Waals surface area (Å²) < 4.78 is 5.39. The van der Waals surface area contributed by atoms with Crippen molar-refractivity contribution in [3.8, 4) is 0 Å². The van der Waals surface area contributed by atoms with E-state index in [1.54, 1.807) is 0 Å². The van der Waals surface area contributed by atoms with Crippen molar-refractivity contribution in [3.63, 3.8) is 0 Å². The van der Waals surface area contributed by atoms with Crippen LogP contribution in [0.3, 0.4) is 0 Å². The predicted molar refractivity (Wildman–Crippen MR) is 119 cm³/mol. The number of amides is 1. The van der Waals surface area contributed by atoms with Gasteiger partial charge in [-0.15, -0.1) is 0 Å². The standard InChI is InChI=1S/C24H31N3O3/c28-23(25-21-6-8-22(9-7-21)27-14-16-30-17-15-27)18-26-12-10-20(11-13-26)24(29)19-4-2-1-3-5-19/h1-9,20,24,29H,10-18H2,(H,25,28)/t24-/m0/s1. The predicted octanol–water partition coefficient (Wildman–Crippen LogP) is 2.91. The highest BCUT2D eigenvalue weighted by atomic mass is 16.5. The van der Waals surface area contributed by atoms with Gasteiger partial charge in [0.1, 0.15) is 0 Å². The van der Waals surface area contributed by atoms with Crippen molar-refractivity contribution in [1.82, 2.24) is 4.90 Å². The van der Waals surface area contributed by atoms with E-state index < -0.39 is 6.10 Å². The summed E-state index contributed by atoms with van der Waals surface area (Å²) in [5.41, 5.74) is 2.97. The number of nitrogens with zero attached hydrogens (tertiary/aromatic N) is 2. The number of carbonyl (C=O) groups excluding carboxylic acids is 1. The Kier molecular flexibility index (Phi) is 7.00. The number of hydrogen-bond donors (Lipinski definition) is 2. The number of ether oxygens (including phenoxy) is 1. The van der Waals surface area contributed by atoms with Crippen LogP contribution in [0.2, 0.25) is 0 Å². The number of carbonyl (C=O) groups is 1. The number of morpholine rings is 1. The van der Waals surface area contributed by atoms with Crippen LogP contribution < -0.4 is 10.2 Å². The lowest BCUT2D eigenvalue weighted by Gasteiger charge is -2.34. The average Bonchev–Trinajstić information content (AvgIpc) is 2.81. The van der Waals surface area contributed by atoms with Crippen LogP contribution in [0.5, 0.6) is 0 Å². The zero-order valence-electron chi connectivity index (χ0n) is 17.4. The second-order valence-corrected chi connectivity index (χ2v) is 8.16. The van der Waals surface area contributed by atoms with Crippen LogP contribution >= 0.6 is 0 Å². The molecule has 1 atom stereocenters. The van der Waals surface area contributed by atoms with Gasteiger partial charge < -0.3 is 20.1 Å². The van der Waals surface area contributed by atoms with Crippen LogP contribution in [0.4, 0.5) is 11.4 Å². The van der Waals surface area contributed by atoms with Crippen molar-refractivity contribution in [3.05, 3.63) is 60.2 Å². The Balaban J connectivity index is 1.22. The molecule has 1 amide bonds. The maximum absolute atomic E-state index is 12.5. The molecule has 0 aromatic heterocycles. The van der Waals surface area contributed by atoms with Gasteiger partial charge in [-0.2, -0.15) is 0 Å². The number of likely N-dealkylation sites (tertiary alicyclic amines) is 1. The minimum Gasteiger partial charge on any atom is -0.388 e. The van der Waals surface area contributed by atoms with Gasteiger partial charge in [0.25, 0.3) is 0 Å². The fourth-order valence-corrected chi connectivity index (χ4v) is 4.33.